The van der Waals surface area contributed by atoms with Crippen molar-refractivity contribution in [1.29, 1.82) is 0 Å². The zero-order chi connectivity index (χ0) is 14.8. The summed E-state index contributed by atoms with van der Waals surface area (Å²) in [6.45, 7) is 5.46. The van der Waals surface area contributed by atoms with Gasteiger partial charge in [0, 0.05) is 17.5 Å². The minimum atomic E-state index is 0.540. The molecule has 1 aliphatic rings. The SMILES string of the molecule is CC(C)c1ccc(CNC2CCCc3sc(I)cc32)cc1. The molecule has 1 heterocycles. The fourth-order valence-corrected chi connectivity index (χ4v) is 5.11. The van der Waals surface area contributed by atoms with E-state index in [1.807, 2.05) is 11.3 Å². The molecule has 0 fully saturated rings. The van der Waals surface area contributed by atoms with Gasteiger partial charge in [0.1, 0.15) is 0 Å². The lowest BCUT2D eigenvalue weighted by Gasteiger charge is -2.24. The van der Waals surface area contributed by atoms with E-state index in [1.54, 1.807) is 10.4 Å². The number of thiophene rings is 1. The van der Waals surface area contributed by atoms with E-state index in [0.29, 0.717) is 12.0 Å². The quantitative estimate of drug-likeness (QED) is 0.642. The van der Waals surface area contributed by atoms with E-state index in [2.05, 4.69) is 72.1 Å². The summed E-state index contributed by atoms with van der Waals surface area (Å²) in [5.41, 5.74) is 4.36. The van der Waals surface area contributed by atoms with Crippen LogP contribution in [0, 0.1) is 2.88 Å². The van der Waals surface area contributed by atoms with Gasteiger partial charge in [0.2, 0.25) is 0 Å². The molecule has 3 heteroatoms. The van der Waals surface area contributed by atoms with Gasteiger partial charge < -0.3 is 5.32 Å². The number of halogens is 1. The van der Waals surface area contributed by atoms with E-state index in [1.165, 1.54) is 33.3 Å². The lowest BCUT2D eigenvalue weighted by atomic mass is 9.94. The Kier molecular flexibility index (Phi) is 5.02. The summed E-state index contributed by atoms with van der Waals surface area (Å²) < 4.78 is 1.42. The summed E-state index contributed by atoms with van der Waals surface area (Å²) in [6.07, 6.45) is 3.85. The Morgan fingerprint density at radius 1 is 1.29 bits per heavy atom. The smallest absolute Gasteiger partial charge is 0.0659 e. The van der Waals surface area contributed by atoms with Crippen molar-refractivity contribution >= 4 is 33.9 Å². The van der Waals surface area contributed by atoms with Crippen LogP contribution in [0.1, 0.15) is 60.2 Å². The molecule has 1 unspecified atom stereocenters. The van der Waals surface area contributed by atoms with Crippen molar-refractivity contribution in [2.45, 2.75) is 51.6 Å². The third-order valence-corrected chi connectivity index (χ3v) is 6.25. The summed E-state index contributed by atoms with van der Waals surface area (Å²) in [5, 5.41) is 3.76. The van der Waals surface area contributed by atoms with Gasteiger partial charge >= 0.3 is 0 Å². The van der Waals surface area contributed by atoms with Crippen LogP contribution in [0.4, 0.5) is 0 Å². The Balaban J connectivity index is 1.65. The maximum atomic E-state index is 3.76. The summed E-state index contributed by atoms with van der Waals surface area (Å²) in [5.74, 6) is 0.612. The van der Waals surface area contributed by atoms with E-state index in [-0.39, 0.29) is 0 Å². The molecule has 0 aliphatic heterocycles. The second kappa shape index (κ2) is 6.80. The summed E-state index contributed by atoms with van der Waals surface area (Å²) in [4.78, 5) is 1.60. The third-order valence-electron chi connectivity index (χ3n) is 4.28. The number of rotatable bonds is 4. The number of aryl methyl sites for hydroxylation is 1. The van der Waals surface area contributed by atoms with Crippen molar-refractivity contribution in [3.8, 4) is 0 Å². The van der Waals surface area contributed by atoms with Gasteiger partial charge in [-0.15, -0.1) is 11.3 Å². The second-order valence-electron chi connectivity index (χ2n) is 6.15. The van der Waals surface area contributed by atoms with Crippen molar-refractivity contribution < 1.29 is 0 Å². The van der Waals surface area contributed by atoms with Gasteiger partial charge in [0.05, 0.1) is 2.88 Å². The third kappa shape index (κ3) is 3.69. The molecule has 1 N–H and O–H groups in total. The molecule has 0 bridgehead atoms. The van der Waals surface area contributed by atoms with E-state index in [4.69, 9.17) is 0 Å². The van der Waals surface area contributed by atoms with E-state index >= 15 is 0 Å². The predicted molar refractivity (Wildman–Crippen MR) is 100 cm³/mol. The largest absolute Gasteiger partial charge is 0.306 e. The zero-order valence-electron chi connectivity index (χ0n) is 12.7. The highest BCUT2D eigenvalue weighted by Gasteiger charge is 2.22. The van der Waals surface area contributed by atoms with E-state index in [9.17, 15) is 0 Å². The first-order valence-electron chi connectivity index (χ1n) is 7.74. The van der Waals surface area contributed by atoms with Crippen LogP contribution in [-0.4, -0.2) is 0 Å². The van der Waals surface area contributed by atoms with Gasteiger partial charge in [-0.3, -0.25) is 0 Å². The minimum absolute atomic E-state index is 0.540. The van der Waals surface area contributed by atoms with Crippen LogP contribution in [0.2, 0.25) is 0 Å². The van der Waals surface area contributed by atoms with Crippen molar-refractivity contribution in [2.75, 3.05) is 0 Å². The lowest BCUT2D eigenvalue weighted by Crippen LogP contribution is -2.23. The molecule has 112 valence electrons. The van der Waals surface area contributed by atoms with Gasteiger partial charge in [-0.1, -0.05) is 38.1 Å². The Morgan fingerprint density at radius 3 is 2.76 bits per heavy atom. The van der Waals surface area contributed by atoms with E-state index in [0.717, 1.165) is 6.54 Å². The highest BCUT2D eigenvalue weighted by molar-refractivity contribution is 14.1. The van der Waals surface area contributed by atoms with Crippen molar-refractivity contribution in [3.63, 3.8) is 0 Å². The van der Waals surface area contributed by atoms with E-state index < -0.39 is 0 Å². The normalized spacial score (nSPS) is 18.0. The summed E-state index contributed by atoms with van der Waals surface area (Å²) >= 11 is 4.42. The van der Waals surface area contributed by atoms with Gasteiger partial charge in [-0.2, -0.15) is 0 Å². The molecule has 2 aromatic rings. The monoisotopic (exact) mass is 411 g/mol. The molecule has 0 saturated carbocycles. The van der Waals surface area contributed by atoms with Crippen LogP contribution in [0.3, 0.4) is 0 Å². The Labute approximate surface area is 145 Å². The Morgan fingerprint density at radius 2 is 2.05 bits per heavy atom. The van der Waals surface area contributed by atoms with Gasteiger partial charge in [0.15, 0.2) is 0 Å². The van der Waals surface area contributed by atoms with Crippen LogP contribution in [0.5, 0.6) is 0 Å². The molecule has 3 rings (SSSR count). The van der Waals surface area contributed by atoms with Crippen LogP contribution in [0.25, 0.3) is 0 Å². The molecule has 1 atom stereocenters. The van der Waals surface area contributed by atoms with Gasteiger partial charge in [0.25, 0.3) is 0 Å². The van der Waals surface area contributed by atoms with Crippen LogP contribution < -0.4 is 5.32 Å². The maximum absolute atomic E-state index is 3.76. The van der Waals surface area contributed by atoms with Crippen molar-refractivity contribution in [3.05, 3.63) is 54.8 Å². The Bertz CT molecular complexity index is 600. The molecule has 0 spiro atoms. The fourth-order valence-electron chi connectivity index (χ4n) is 2.99. The van der Waals surface area contributed by atoms with Gasteiger partial charge in [-0.25, -0.2) is 0 Å². The van der Waals surface area contributed by atoms with Crippen molar-refractivity contribution in [2.24, 2.45) is 0 Å². The average molecular weight is 411 g/mol. The standard InChI is InChI=1S/C18H22INS/c1-12(2)14-8-6-13(7-9-14)11-20-16-4-3-5-17-15(16)10-18(19)21-17/h6-10,12,16,20H,3-5,11H2,1-2H3. The highest BCUT2D eigenvalue weighted by Crippen LogP contribution is 2.36. The topological polar surface area (TPSA) is 12.0 Å². The Hall–Kier alpha value is -0.390. The molecule has 0 amide bonds. The van der Waals surface area contributed by atoms with Gasteiger partial charge in [-0.05, 0) is 70.5 Å². The lowest BCUT2D eigenvalue weighted by molar-refractivity contribution is 0.463. The van der Waals surface area contributed by atoms with Crippen LogP contribution in [0.15, 0.2) is 30.3 Å². The molecular formula is C18H22INS. The molecule has 1 aromatic heterocycles. The van der Waals surface area contributed by atoms with Crippen LogP contribution in [-0.2, 0) is 13.0 Å². The van der Waals surface area contributed by atoms with Crippen LogP contribution >= 0.6 is 33.9 Å². The maximum Gasteiger partial charge on any atom is 0.0659 e. The molecule has 0 saturated heterocycles. The first-order chi connectivity index (χ1) is 10.1. The summed E-state index contributed by atoms with van der Waals surface area (Å²) in [6, 6.07) is 12.0. The number of hydrogen-bond acceptors (Lipinski definition) is 2. The molecule has 1 aromatic carbocycles. The molecule has 1 aliphatic carbocycles. The number of hydrogen-bond donors (Lipinski definition) is 1. The predicted octanol–water partition coefficient (Wildman–Crippen LogP) is 5.64. The molecule has 0 radical (unpaired) electrons. The second-order valence-corrected chi connectivity index (χ2v) is 9.18. The highest BCUT2D eigenvalue weighted by atomic mass is 127. The zero-order valence-corrected chi connectivity index (χ0v) is 15.6. The minimum Gasteiger partial charge on any atom is -0.306 e. The fraction of sp³-hybridized carbons (Fsp3) is 0.444. The first kappa shape index (κ1) is 15.5. The summed E-state index contributed by atoms with van der Waals surface area (Å²) in [7, 11) is 0. The average Bonchev–Trinajstić information content (AvgIpc) is 2.86. The number of benzene rings is 1. The number of fused-ring (bicyclic) bond motifs is 1. The van der Waals surface area contributed by atoms with Crippen molar-refractivity contribution in [1.82, 2.24) is 5.32 Å². The molecule has 1 nitrogen and oxygen atoms in total. The first-order valence-corrected chi connectivity index (χ1v) is 9.63. The molecule has 21 heavy (non-hydrogen) atoms. The molecular weight excluding hydrogens is 389 g/mol. The number of nitrogens with one attached hydrogen (secondary N) is 1.